The average molecular weight is 413 g/mol. The zero-order valence-electron chi connectivity index (χ0n) is 12.5. The summed E-state index contributed by atoms with van der Waals surface area (Å²) in [7, 11) is 0. The van der Waals surface area contributed by atoms with Gasteiger partial charge in [-0.2, -0.15) is 0 Å². The molecule has 0 spiro atoms. The van der Waals surface area contributed by atoms with Crippen molar-refractivity contribution < 1.29 is 0 Å². The van der Waals surface area contributed by atoms with E-state index in [0.29, 0.717) is 5.15 Å². The maximum absolute atomic E-state index is 6.33. The Morgan fingerprint density at radius 1 is 1.19 bits per heavy atom. The number of hydrogen-bond donors (Lipinski definition) is 0. The van der Waals surface area contributed by atoms with Crippen LogP contribution in [-0.2, 0) is 5.41 Å². The molecule has 0 N–H and O–H groups in total. The smallest absolute Gasteiger partial charge is 0.161 e. The van der Waals surface area contributed by atoms with Gasteiger partial charge in [0.05, 0.1) is 9.26 Å². The maximum atomic E-state index is 6.33. The van der Waals surface area contributed by atoms with Gasteiger partial charge in [-0.1, -0.05) is 50.6 Å². The third-order valence-electron chi connectivity index (χ3n) is 3.71. The summed E-state index contributed by atoms with van der Waals surface area (Å²) < 4.78 is 0.948. The van der Waals surface area contributed by atoms with E-state index in [0.717, 1.165) is 26.6 Å². The summed E-state index contributed by atoms with van der Waals surface area (Å²) in [6, 6.07) is 8.56. The Morgan fingerprint density at radius 3 is 2.52 bits per heavy atom. The van der Waals surface area contributed by atoms with Crippen LogP contribution >= 0.6 is 34.2 Å². The van der Waals surface area contributed by atoms with Gasteiger partial charge in [-0.15, -0.1) is 0 Å². The van der Waals surface area contributed by atoms with Gasteiger partial charge in [0.15, 0.2) is 5.82 Å². The van der Waals surface area contributed by atoms with Gasteiger partial charge in [0, 0.05) is 11.0 Å². The highest BCUT2D eigenvalue weighted by atomic mass is 127. The number of halogens is 2. The van der Waals surface area contributed by atoms with Crippen molar-refractivity contribution in [2.45, 2.75) is 44.9 Å². The second-order valence-electron chi connectivity index (χ2n) is 6.65. The van der Waals surface area contributed by atoms with E-state index in [-0.39, 0.29) is 5.41 Å². The molecular weight excluding hydrogens is 395 g/mol. The Labute approximate surface area is 144 Å². The highest BCUT2D eigenvalue weighted by Crippen LogP contribution is 2.41. The Morgan fingerprint density at radius 2 is 1.90 bits per heavy atom. The van der Waals surface area contributed by atoms with Crippen LogP contribution in [0.4, 0.5) is 0 Å². The first kappa shape index (κ1) is 15.2. The second-order valence-corrected chi connectivity index (χ2v) is 8.09. The lowest BCUT2D eigenvalue weighted by Crippen LogP contribution is -2.17. The zero-order chi connectivity index (χ0) is 15.2. The molecule has 2 aromatic rings. The van der Waals surface area contributed by atoms with Gasteiger partial charge in [0.25, 0.3) is 0 Å². The minimum Gasteiger partial charge on any atom is -0.231 e. The van der Waals surface area contributed by atoms with E-state index in [2.05, 4.69) is 72.6 Å². The zero-order valence-corrected chi connectivity index (χ0v) is 15.4. The van der Waals surface area contributed by atoms with Gasteiger partial charge >= 0.3 is 0 Å². The molecule has 0 saturated heterocycles. The van der Waals surface area contributed by atoms with Crippen LogP contribution in [0, 0.1) is 3.57 Å². The van der Waals surface area contributed by atoms with Crippen molar-refractivity contribution in [3.8, 4) is 11.4 Å². The van der Waals surface area contributed by atoms with Crippen molar-refractivity contribution in [2.75, 3.05) is 0 Å². The molecule has 21 heavy (non-hydrogen) atoms. The first-order valence-electron chi connectivity index (χ1n) is 7.20. The molecule has 0 unspecified atom stereocenters. The Bertz CT molecular complexity index is 688. The lowest BCUT2D eigenvalue weighted by Gasteiger charge is -2.20. The van der Waals surface area contributed by atoms with Gasteiger partial charge in [0.1, 0.15) is 5.15 Å². The van der Waals surface area contributed by atoms with E-state index >= 15 is 0 Å². The van der Waals surface area contributed by atoms with E-state index in [1.165, 1.54) is 18.4 Å². The summed E-state index contributed by atoms with van der Waals surface area (Å²) >= 11 is 8.57. The van der Waals surface area contributed by atoms with Gasteiger partial charge in [0.2, 0.25) is 0 Å². The van der Waals surface area contributed by atoms with Crippen molar-refractivity contribution in [2.24, 2.45) is 0 Å². The fourth-order valence-corrected chi connectivity index (χ4v) is 3.61. The minimum atomic E-state index is -0.0496. The molecule has 1 aliphatic carbocycles. The Balaban J connectivity index is 2.10. The van der Waals surface area contributed by atoms with E-state index in [4.69, 9.17) is 16.6 Å². The van der Waals surface area contributed by atoms with Gasteiger partial charge < -0.3 is 0 Å². The summed E-state index contributed by atoms with van der Waals surface area (Å²) in [6.07, 6.45) is 2.59. The molecule has 0 amide bonds. The predicted octanol–water partition coefficient (Wildman–Crippen LogP) is 5.58. The van der Waals surface area contributed by atoms with E-state index in [1.54, 1.807) is 0 Å². The van der Waals surface area contributed by atoms with E-state index in [9.17, 15) is 0 Å². The van der Waals surface area contributed by atoms with Crippen molar-refractivity contribution >= 4 is 34.2 Å². The average Bonchev–Trinajstić information content (AvgIpc) is 3.25. The Hall–Kier alpha value is -0.680. The van der Waals surface area contributed by atoms with Crippen molar-refractivity contribution in [3.63, 3.8) is 0 Å². The first-order valence-corrected chi connectivity index (χ1v) is 8.66. The summed E-state index contributed by atoms with van der Waals surface area (Å²) in [5, 5.41) is 0.544. The summed E-state index contributed by atoms with van der Waals surface area (Å²) in [6.45, 7) is 6.45. The van der Waals surface area contributed by atoms with Crippen LogP contribution in [0.3, 0.4) is 0 Å². The predicted molar refractivity (Wildman–Crippen MR) is 95.9 cm³/mol. The molecule has 1 aromatic heterocycles. The summed E-state index contributed by atoms with van der Waals surface area (Å²) in [4.78, 5) is 9.28. The molecule has 3 rings (SSSR count). The number of rotatable bonds is 2. The maximum Gasteiger partial charge on any atom is 0.161 e. The third-order valence-corrected chi connectivity index (χ3v) is 5.33. The molecule has 0 aliphatic heterocycles. The fraction of sp³-hybridized carbons (Fsp3) is 0.412. The standard InChI is InChI=1S/C17H18ClIN2/c1-17(2,3)14-13(19)15(18)21-16(20-14)12-6-4-5-11(9-12)10-7-8-10/h4-6,9-10H,7-8H2,1-3H3. The monoisotopic (exact) mass is 412 g/mol. The van der Waals surface area contributed by atoms with Gasteiger partial charge in [-0.05, 0) is 53.0 Å². The fourth-order valence-electron chi connectivity index (χ4n) is 2.39. The highest BCUT2D eigenvalue weighted by molar-refractivity contribution is 14.1. The first-order chi connectivity index (χ1) is 9.86. The number of nitrogens with zero attached hydrogens (tertiary/aromatic N) is 2. The molecular formula is C17H18ClIN2. The molecule has 2 nitrogen and oxygen atoms in total. The largest absolute Gasteiger partial charge is 0.231 e. The molecule has 1 saturated carbocycles. The quantitative estimate of drug-likeness (QED) is 0.475. The van der Waals surface area contributed by atoms with Crippen LogP contribution in [0.5, 0.6) is 0 Å². The molecule has 1 fully saturated rings. The third kappa shape index (κ3) is 3.24. The molecule has 0 atom stereocenters. The molecule has 0 bridgehead atoms. The Kier molecular flexibility index (Phi) is 3.99. The van der Waals surface area contributed by atoms with Crippen LogP contribution < -0.4 is 0 Å². The molecule has 0 radical (unpaired) electrons. The van der Waals surface area contributed by atoms with Crippen molar-refractivity contribution in [1.82, 2.24) is 9.97 Å². The lowest BCUT2D eigenvalue weighted by molar-refractivity contribution is 0.563. The van der Waals surface area contributed by atoms with E-state index < -0.39 is 0 Å². The SMILES string of the molecule is CC(C)(C)c1nc(-c2cccc(C3CC3)c2)nc(Cl)c1I. The van der Waals surface area contributed by atoms with Crippen LogP contribution in [0.2, 0.25) is 5.15 Å². The second kappa shape index (κ2) is 5.51. The molecule has 1 heterocycles. The molecule has 1 aromatic carbocycles. The number of hydrogen-bond acceptors (Lipinski definition) is 2. The van der Waals surface area contributed by atoms with Crippen LogP contribution in [0.15, 0.2) is 24.3 Å². The van der Waals surface area contributed by atoms with Crippen LogP contribution in [0.25, 0.3) is 11.4 Å². The van der Waals surface area contributed by atoms with E-state index in [1.807, 2.05) is 0 Å². The van der Waals surface area contributed by atoms with Crippen LogP contribution in [-0.4, -0.2) is 9.97 Å². The summed E-state index contributed by atoms with van der Waals surface area (Å²) in [5.41, 5.74) is 3.41. The van der Waals surface area contributed by atoms with Crippen molar-refractivity contribution in [3.05, 3.63) is 44.2 Å². The highest BCUT2D eigenvalue weighted by Gasteiger charge is 2.25. The van der Waals surface area contributed by atoms with Gasteiger partial charge in [-0.3, -0.25) is 0 Å². The normalized spacial score (nSPS) is 15.3. The topological polar surface area (TPSA) is 25.8 Å². The number of aromatic nitrogens is 2. The van der Waals surface area contributed by atoms with Gasteiger partial charge in [-0.25, -0.2) is 9.97 Å². The number of benzene rings is 1. The van der Waals surface area contributed by atoms with Crippen LogP contribution in [0.1, 0.15) is 50.8 Å². The summed E-state index contributed by atoms with van der Waals surface area (Å²) in [5.74, 6) is 1.46. The molecule has 110 valence electrons. The molecule has 1 aliphatic rings. The van der Waals surface area contributed by atoms with Crippen molar-refractivity contribution in [1.29, 1.82) is 0 Å². The minimum absolute atomic E-state index is 0.0496. The lowest BCUT2D eigenvalue weighted by atomic mass is 9.92. The molecule has 4 heteroatoms.